The zero-order chi connectivity index (χ0) is 15.7. The van der Waals surface area contributed by atoms with Gasteiger partial charge in [0.05, 0.1) is 6.42 Å². The van der Waals surface area contributed by atoms with Gasteiger partial charge in [0, 0.05) is 23.5 Å². The van der Waals surface area contributed by atoms with Crippen LogP contribution in [0.5, 0.6) is 0 Å². The molecule has 0 bridgehead atoms. The molecule has 5 nitrogen and oxygen atoms in total. The zero-order valence-electron chi connectivity index (χ0n) is 12.5. The van der Waals surface area contributed by atoms with E-state index in [-0.39, 0.29) is 17.9 Å². The van der Waals surface area contributed by atoms with E-state index in [1.54, 1.807) is 12.3 Å². The van der Waals surface area contributed by atoms with E-state index in [9.17, 15) is 9.59 Å². The third-order valence-corrected chi connectivity index (χ3v) is 3.48. The zero-order valence-corrected chi connectivity index (χ0v) is 12.5. The highest BCUT2D eigenvalue weighted by atomic mass is 16.2. The van der Waals surface area contributed by atoms with Crippen LogP contribution in [-0.2, 0) is 11.2 Å². The van der Waals surface area contributed by atoms with Crippen molar-refractivity contribution < 1.29 is 9.59 Å². The third-order valence-electron chi connectivity index (χ3n) is 3.48. The van der Waals surface area contributed by atoms with Crippen LogP contribution < -0.4 is 10.6 Å². The van der Waals surface area contributed by atoms with Crippen LogP contribution >= 0.6 is 0 Å². The first-order valence-corrected chi connectivity index (χ1v) is 7.23. The van der Waals surface area contributed by atoms with E-state index in [1.165, 1.54) is 0 Å². The summed E-state index contributed by atoms with van der Waals surface area (Å²) >= 11 is 0. The minimum atomic E-state index is -0.194. The lowest BCUT2D eigenvalue weighted by Crippen LogP contribution is -2.31. The Bertz CT molecular complexity index is 753. The quantitative estimate of drug-likeness (QED) is 0.913. The van der Waals surface area contributed by atoms with Gasteiger partial charge in [-0.15, -0.1) is 0 Å². The molecule has 112 valence electrons. The van der Waals surface area contributed by atoms with E-state index in [2.05, 4.69) is 15.6 Å². The number of hydrogen-bond acceptors (Lipinski definition) is 3. The maximum absolute atomic E-state index is 12.3. The molecule has 1 aliphatic rings. The van der Waals surface area contributed by atoms with E-state index in [0.717, 1.165) is 22.4 Å². The molecule has 0 saturated heterocycles. The van der Waals surface area contributed by atoms with Crippen molar-refractivity contribution >= 4 is 17.5 Å². The number of nitrogens with zero attached hydrogens (tertiary/aromatic N) is 1. The highest BCUT2D eigenvalue weighted by Crippen LogP contribution is 2.30. The molecule has 0 atom stereocenters. The summed E-state index contributed by atoms with van der Waals surface area (Å²) in [5.74, 6) is -0.198. The molecular formula is C17H17N3O2. The van der Waals surface area contributed by atoms with Crippen molar-refractivity contribution in [2.24, 2.45) is 0 Å². The van der Waals surface area contributed by atoms with Crippen LogP contribution in [0.15, 0.2) is 36.5 Å². The molecule has 3 rings (SSSR count). The molecule has 0 saturated carbocycles. The monoisotopic (exact) mass is 295 g/mol. The summed E-state index contributed by atoms with van der Waals surface area (Å²) in [5.41, 5.74) is 3.83. The lowest BCUT2D eigenvalue weighted by molar-refractivity contribution is -0.115. The SMILES string of the molecule is CC(C)NC(=O)c1ncccc1-c1ccc2c(c1)CC(=O)N2. The number of anilines is 1. The lowest BCUT2D eigenvalue weighted by atomic mass is 10.00. The van der Waals surface area contributed by atoms with Gasteiger partial charge in [0.25, 0.3) is 5.91 Å². The molecule has 2 N–H and O–H groups in total. The molecule has 2 aromatic rings. The maximum Gasteiger partial charge on any atom is 0.270 e. The predicted octanol–water partition coefficient (Wildman–Crippen LogP) is 2.38. The van der Waals surface area contributed by atoms with Crippen molar-refractivity contribution in [3.05, 3.63) is 47.8 Å². The summed E-state index contributed by atoms with van der Waals surface area (Å²) in [5, 5.41) is 5.67. The molecule has 1 aromatic heterocycles. The number of nitrogens with one attached hydrogen (secondary N) is 2. The molecule has 0 aliphatic carbocycles. The van der Waals surface area contributed by atoms with Gasteiger partial charge in [-0.1, -0.05) is 12.1 Å². The first-order valence-electron chi connectivity index (χ1n) is 7.23. The normalized spacial score (nSPS) is 13.0. The Hall–Kier alpha value is -2.69. The number of carbonyl (C=O) groups excluding carboxylic acids is 2. The molecule has 22 heavy (non-hydrogen) atoms. The fourth-order valence-corrected chi connectivity index (χ4v) is 2.55. The molecular weight excluding hydrogens is 278 g/mol. The number of benzene rings is 1. The first kappa shape index (κ1) is 14.3. The minimum absolute atomic E-state index is 0.00360. The van der Waals surface area contributed by atoms with Gasteiger partial charge < -0.3 is 10.6 Å². The van der Waals surface area contributed by atoms with Crippen LogP contribution in [0.2, 0.25) is 0 Å². The molecule has 5 heteroatoms. The second kappa shape index (κ2) is 5.60. The molecule has 1 aliphatic heterocycles. The largest absolute Gasteiger partial charge is 0.349 e. The maximum atomic E-state index is 12.3. The number of amides is 2. The highest BCUT2D eigenvalue weighted by Gasteiger charge is 2.20. The number of carbonyl (C=O) groups is 2. The third kappa shape index (κ3) is 2.70. The predicted molar refractivity (Wildman–Crippen MR) is 84.6 cm³/mol. The summed E-state index contributed by atoms with van der Waals surface area (Å²) in [4.78, 5) is 28.0. The molecule has 0 radical (unpaired) electrons. The molecule has 0 fully saturated rings. The standard InChI is InChI=1S/C17H17N3O2/c1-10(2)19-17(22)16-13(4-3-7-18-16)11-5-6-14-12(8-11)9-15(21)20-14/h3-8,10H,9H2,1-2H3,(H,19,22)(H,20,21). The van der Waals surface area contributed by atoms with E-state index < -0.39 is 0 Å². The minimum Gasteiger partial charge on any atom is -0.349 e. The number of pyridine rings is 1. The van der Waals surface area contributed by atoms with Crippen molar-refractivity contribution in [1.29, 1.82) is 0 Å². The van der Waals surface area contributed by atoms with E-state index in [1.807, 2.05) is 38.1 Å². The first-order chi connectivity index (χ1) is 10.5. The number of fused-ring (bicyclic) bond motifs is 1. The Balaban J connectivity index is 2.01. The van der Waals surface area contributed by atoms with Gasteiger partial charge in [0.2, 0.25) is 5.91 Å². The van der Waals surface area contributed by atoms with Gasteiger partial charge >= 0.3 is 0 Å². The molecule has 1 aromatic carbocycles. The van der Waals surface area contributed by atoms with Crippen LogP contribution in [0.4, 0.5) is 5.69 Å². The van der Waals surface area contributed by atoms with Crippen molar-refractivity contribution in [2.75, 3.05) is 5.32 Å². The summed E-state index contributed by atoms with van der Waals surface area (Å²) in [7, 11) is 0. The van der Waals surface area contributed by atoms with Crippen LogP contribution in [0.25, 0.3) is 11.1 Å². The number of hydrogen-bond donors (Lipinski definition) is 2. The fraction of sp³-hybridized carbons (Fsp3) is 0.235. The second-order valence-electron chi connectivity index (χ2n) is 5.62. The van der Waals surface area contributed by atoms with Crippen LogP contribution in [-0.4, -0.2) is 22.8 Å². The topological polar surface area (TPSA) is 71.1 Å². The molecule has 2 heterocycles. The summed E-state index contributed by atoms with van der Waals surface area (Å²) < 4.78 is 0. The van der Waals surface area contributed by atoms with Crippen molar-refractivity contribution in [3.8, 4) is 11.1 Å². The average Bonchev–Trinajstić information content (AvgIpc) is 2.85. The Labute approximate surface area is 128 Å². The van der Waals surface area contributed by atoms with Crippen LogP contribution in [0.3, 0.4) is 0 Å². The van der Waals surface area contributed by atoms with Gasteiger partial charge in [0.1, 0.15) is 5.69 Å². The van der Waals surface area contributed by atoms with E-state index in [4.69, 9.17) is 0 Å². The summed E-state index contributed by atoms with van der Waals surface area (Å²) in [6.45, 7) is 3.82. The van der Waals surface area contributed by atoms with E-state index >= 15 is 0 Å². The lowest BCUT2D eigenvalue weighted by Gasteiger charge is -2.12. The number of rotatable bonds is 3. The van der Waals surface area contributed by atoms with Gasteiger partial charge in [-0.25, -0.2) is 0 Å². The average molecular weight is 295 g/mol. The highest BCUT2D eigenvalue weighted by molar-refractivity contribution is 6.01. The fourth-order valence-electron chi connectivity index (χ4n) is 2.55. The smallest absolute Gasteiger partial charge is 0.270 e. The Morgan fingerprint density at radius 2 is 2.14 bits per heavy atom. The Morgan fingerprint density at radius 1 is 1.32 bits per heavy atom. The van der Waals surface area contributed by atoms with Crippen molar-refractivity contribution in [3.63, 3.8) is 0 Å². The van der Waals surface area contributed by atoms with E-state index in [0.29, 0.717) is 12.1 Å². The van der Waals surface area contributed by atoms with Crippen LogP contribution in [0, 0.1) is 0 Å². The van der Waals surface area contributed by atoms with Gasteiger partial charge in [-0.05, 0) is 43.2 Å². The van der Waals surface area contributed by atoms with Crippen LogP contribution in [0.1, 0.15) is 29.9 Å². The Morgan fingerprint density at radius 3 is 2.91 bits per heavy atom. The van der Waals surface area contributed by atoms with Gasteiger partial charge in [0.15, 0.2) is 0 Å². The van der Waals surface area contributed by atoms with Gasteiger partial charge in [-0.2, -0.15) is 0 Å². The molecule has 0 unspecified atom stereocenters. The summed E-state index contributed by atoms with van der Waals surface area (Å²) in [6.07, 6.45) is 1.98. The van der Waals surface area contributed by atoms with Crippen molar-refractivity contribution in [1.82, 2.24) is 10.3 Å². The molecule has 2 amide bonds. The second-order valence-corrected chi connectivity index (χ2v) is 5.62. The Kier molecular flexibility index (Phi) is 3.63. The van der Waals surface area contributed by atoms with Crippen molar-refractivity contribution in [2.45, 2.75) is 26.3 Å². The van der Waals surface area contributed by atoms with Gasteiger partial charge in [-0.3, -0.25) is 14.6 Å². The summed E-state index contributed by atoms with van der Waals surface area (Å²) in [6, 6.07) is 9.42. The number of aromatic nitrogens is 1. The molecule has 0 spiro atoms.